The average molecular weight is 410 g/mol. The van der Waals surface area contributed by atoms with E-state index >= 15 is 0 Å². The summed E-state index contributed by atoms with van der Waals surface area (Å²) in [5.41, 5.74) is 1.39. The van der Waals surface area contributed by atoms with Gasteiger partial charge in [-0.1, -0.05) is 12.1 Å². The fraction of sp³-hybridized carbons (Fsp3) is 0.462. The van der Waals surface area contributed by atoms with Gasteiger partial charge in [-0.05, 0) is 31.4 Å². The quantitative estimate of drug-likeness (QED) is 0.469. The third kappa shape index (κ3) is 5.69. The van der Waals surface area contributed by atoms with Crippen LogP contribution in [0.15, 0.2) is 23.2 Å². The Morgan fingerprint density at radius 3 is 2.76 bits per heavy atom. The summed E-state index contributed by atoms with van der Waals surface area (Å²) in [7, 11) is 9.87. The number of aromatic hydroxyl groups is 1. The minimum absolute atomic E-state index is 0.192. The van der Waals surface area contributed by atoms with E-state index in [4.69, 9.17) is 17.0 Å². The molecule has 0 aromatic heterocycles. The molecule has 5 nitrogen and oxygen atoms in total. The number of hydrogen-bond acceptors (Lipinski definition) is 4. The van der Waals surface area contributed by atoms with E-state index < -0.39 is 26.9 Å². The van der Waals surface area contributed by atoms with Crippen molar-refractivity contribution in [2.24, 2.45) is 4.99 Å². The van der Waals surface area contributed by atoms with Crippen LogP contribution in [0.25, 0.3) is 0 Å². The molecule has 0 heterocycles. The molecule has 1 fully saturated rings. The molecule has 0 spiro atoms. The molecule has 0 aliphatic heterocycles. The number of nitro groups is 1. The summed E-state index contributed by atoms with van der Waals surface area (Å²) in [6.07, 6.45) is 3.73. The Morgan fingerprint density at radius 2 is 2.14 bits per heavy atom. The molecule has 1 aromatic carbocycles. The molecule has 1 N–H and O–H groups in total. The number of rotatable bonds is 3. The van der Waals surface area contributed by atoms with Crippen LogP contribution >= 0.6 is 17.0 Å². The summed E-state index contributed by atoms with van der Waals surface area (Å²) < 4.78 is 0. The second kappa shape index (κ2) is 9.55. The summed E-state index contributed by atoms with van der Waals surface area (Å²) in [6.45, 7) is 1.81. The summed E-state index contributed by atoms with van der Waals surface area (Å²) in [4.78, 5) is 14.9. The molecule has 8 heteroatoms. The first-order valence-electron chi connectivity index (χ1n) is 6.42. The molecule has 0 amide bonds. The van der Waals surface area contributed by atoms with Crippen molar-refractivity contribution in [2.45, 2.75) is 38.3 Å². The molecule has 1 aliphatic rings. The average Bonchev–Trinajstić information content (AvgIpc) is 2.90. The predicted molar refractivity (Wildman–Crippen MR) is 80.6 cm³/mol. The van der Waals surface area contributed by atoms with Crippen molar-refractivity contribution in [1.82, 2.24) is 0 Å². The molecule has 21 heavy (non-hydrogen) atoms. The molecule has 1 aromatic rings. The number of aryl methyl sites for hydroxylation is 1. The number of halogens is 2. The van der Waals surface area contributed by atoms with E-state index in [0.717, 1.165) is 18.4 Å². The molecule has 2 rings (SSSR count). The van der Waals surface area contributed by atoms with Gasteiger partial charge in [0, 0.05) is 23.1 Å². The first-order chi connectivity index (χ1) is 10.0. The molecule has 0 radical (unpaired) electrons. The van der Waals surface area contributed by atoms with Crippen molar-refractivity contribution in [3.8, 4) is 5.75 Å². The third-order valence-electron chi connectivity index (χ3n) is 3.39. The van der Waals surface area contributed by atoms with E-state index in [-0.39, 0.29) is 16.7 Å². The number of phenols is 1. The number of aliphatic imine (C=N–C) groups is 1. The van der Waals surface area contributed by atoms with E-state index in [2.05, 4.69) is 4.99 Å². The topological polar surface area (TPSA) is 75.7 Å². The Labute approximate surface area is 142 Å². The monoisotopic (exact) mass is 408 g/mol. The summed E-state index contributed by atoms with van der Waals surface area (Å²) in [5.74, 6) is 0.192. The minimum atomic E-state index is -0.826. The van der Waals surface area contributed by atoms with Crippen LogP contribution in [0.3, 0.4) is 0 Å². The van der Waals surface area contributed by atoms with Crippen molar-refractivity contribution in [3.63, 3.8) is 0 Å². The molecule has 1 saturated carbocycles. The predicted octanol–water partition coefficient (Wildman–Crippen LogP) is 3.69. The van der Waals surface area contributed by atoms with Crippen LogP contribution in [0.2, 0.25) is 0 Å². The van der Waals surface area contributed by atoms with Crippen molar-refractivity contribution in [2.75, 3.05) is 0 Å². The Morgan fingerprint density at radius 1 is 1.48 bits per heavy atom. The Kier molecular flexibility index (Phi) is 8.46. The van der Waals surface area contributed by atoms with Crippen molar-refractivity contribution in [1.29, 1.82) is 0 Å². The zero-order valence-corrected chi connectivity index (χ0v) is 15.5. The van der Waals surface area contributed by atoms with E-state index in [1.165, 1.54) is 0 Å². The van der Waals surface area contributed by atoms with Gasteiger partial charge in [-0.25, -0.2) is 0 Å². The van der Waals surface area contributed by atoms with Crippen LogP contribution in [0.4, 0.5) is 0 Å². The van der Waals surface area contributed by atoms with Crippen molar-refractivity contribution < 1.29 is 30.9 Å². The van der Waals surface area contributed by atoms with E-state index in [1.807, 2.05) is 19.1 Å². The second-order valence-electron chi connectivity index (χ2n) is 4.71. The van der Waals surface area contributed by atoms with Gasteiger partial charge in [-0.15, -0.1) is 0 Å². The Bertz CT molecular complexity index is 514. The molecule has 2 unspecified atom stereocenters. The maximum atomic E-state index is 10.8. The van der Waals surface area contributed by atoms with Crippen LogP contribution in [0.1, 0.15) is 30.4 Å². The van der Waals surface area contributed by atoms with Gasteiger partial charge in [0.05, 0.1) is 0 Å². The molecular weight excluding hydrogens is 394 g/mol. The maximum absolute atomic E-state index is 10.8. The van der Waals surface area contributed by atoms with Crippen LogP contribution < -0.4 is 0 Å². The van der Waals surface area contributed by atoms with Crippen molar-refractivity contribution in [3.05, 3.63) is 39.4 Å². The van der Waals surface area contributed by atoms with Gasteiger partial charge in [0.2, 0.25) is 6.04 Å². The van der Waals surface area contributed by atoms with Crippen molar-refractivity contribution >= 4 is 23.2 Å². The number of phenolic OH excluding ortho intramolecular Hbond substituents is 1. The van der Waals surface area contributed by atoms with Gasteiger partial charge in [0.25, 0.3) is 0 Å². The molecule has 1 aliphatic carbocycles. The van der Waals surface area contributed by atoms with Crippen LogP contribution in [-0.2, 0) is 20.8 Å². The van der Waals surface area contributed by atoms with Gasteiger partial charge >= 0.3 is 37.9 Å². The molecule has 114 valence electrons. The third-order valence-corrected chi connectivity index (χ3v) is 3.39. The molecular formula is C13H16Cl2N2O3Zr. The number of para-hydroxylation sites is 1. The first-order valence-corrected chi connectivity index (χ1v) is 12.8. The molecule has 2 atom stereocenters. The summed E-state index contributed by atoms with van der Waals surface area (Å²) >= 11 is -0.826. The SMILES string of the molecule is Cc1cccc(C=NC2CCCC2[N+](=O)[O-])c1O.[Cl][Zr][Cl]. The van der Waals surface area contributed by atoms with Gasteiger partial charge in [0.15, 0.2) is 0 Å². The van der Waals surface area contributed by atoms with Crippen LogP contribution in [0, 0.1) is 17.0 Å². The van der Waals surface area contributed by atoms with Crippen LogP contribution in [0.5, 0.6) is 5.75 Å². The standard InChI is InChI=1S/C13H16N2O3.2ClH.Zr/c1-9-4-2-5-10(13(9)16)8-14-11-6-3-7-12(11)15(17)18;;;/h2,4-5,8,11-12,16H,3,6-7H2,1H3;2*1H;/q;;;+2/p-2. The van der Waals surface area contributed by atoms with Gasteiger partial charge in [-0.2, -0.15) is 0 Å². The summed E-state index contributed by atoms with van der Waals surface area (Å²) in [5, 5.41) is 20.6. The van der Waals surface area contributed by atoms with E-state index in [9.17, 15) is 15.2 Å². The van der Waals surface area contributed by atoms with Crippen LogP contribution in [-0.4, -0.2) is 28.3 Å². The Balaban J connectivity index is 0.000000677. The zero-order valence-electron chi connectivity index (χ0n) is 11.5. The second-order valence-corrected chi connectivity index (χ2v) is 8.45. The summed E-state index contributed by atoms with van der Waals surface area (Å²) in [6, 6.07) is 4.55. The normalized spacial score (nSPS) is 20.9. The zero-order chi connectivity index (χ0) is 15.8. The van der Waals surface area contributed by atoms with E-state index in [0.29, 0.717) is 12.0 Å². The molecule has 0 bridgehead atoms. The van der Waals surface area contributed by atoms with Gasteiger partial charge < -0.3 is 5.11 Å². The fourth-order valence-corrected chi connectivity index (χ4v) is 2.30. The number of benzene rings is 1. The first kappa shape index (κ1) is 18.6. The fourth-order valence-electron chi connectivity index (χ4n) is 2.30. The van der Waals surface area contributed by atoms with Gasteiger partial charge in [0.1, 0.15) is 11.8 Å². The Hall–Kier alpha value is -0.447. The van der Waals surface area contributed by atoms with Gasteiger partial charge in [-0.3, -0.25) is 15.1 Å². The van der Waals surface area contributed by atoms with E-state index in [1.54, 1.807) is 12.3 Å². The molecule has 0 saturated heterocycles. The number of hydrogen-bond donors (Lipinski definition) is 1. The number of nitrogens with zero attached hydrogens (tertiary/aromatic N) is 2.